The van der Waals surface area contributed by atoms with Crippen molar-refractivity contribution in [3.8, 4) is 5.75 Å². The Balaban J connectivity index is 2.16. The van der Waals surface area contributed by atoms with Crippen molar-refractivity contribution >= 4 is 23.7 Å². The summed E-state index contributed by atoms with van der Waals surface area (Å²) in [7, 11) is 0. The Kier molecular flexibility index (Phi) is 8.72. The van der Waals surface area contributed by atoms with Gasteiger partial charge in [-0.2, -0.15) is 0 Å². The Morgan fingerprint density at radius 3 is 1.91 bits per heavy atom. The maximum atomic E-state index is 12.9. The second kappa shape index (κ2) is 11.5. The maximum Gasteiger partial charge on any atom is 0.326 e. The third kappa shape index (κ3) is 7.73. The van der Waals surface area contributed by atoms with Gasteiger partial charge in [0, 0.05) is 12.8 Å². The molecule has 0 unspecified atom stereocenters. The molecule has 0 bridgehead atoms. The predicted octanol–water partition coefficient (Wildman–Crippen LogP) is -0.566. The van der Waals surface area contributed by atoms with Gasteiger partial charge in [-0.1, -0.05) is 42.5 Å². The molecule has 0 aromatic heterocycles. The van der Waals surface area contributed by atoms with Crippen molar-refractivity contribution in [1.82, 2.24) is 10.6 Å². The highest BCUT2D eigenvalue weighted by molar-refractivity contribution is 5.93. The molecule has 0 aliphatic heterocycles. The number of phenols is 1. The average Bonchev–Trinajstić information content (AvgIpc) is 2.74. The fourth-order valence-corrected chi connectivity index (χ4v) is 2.99. The number of aromatic hydroxyl groups is 1. The molecule has 0 saturated heterocycles. The molecule has 0 aliphatic rings. The fourth-order valence-electron chi connectivity index (χ4n) is 2.99. The van der Waals surface area contributed by atoms with Crippen LogP contribution in [0.15, 0.2) is 54.6 Å². The Labute approximate surface area is 184 Å². The monoisotopic (exact) mass is 442 g/mol. The van der Waals surface area contributed by atoms with E-state index in [1.54, 1.807) is 42.5 Å². The van der Waals surface area contributed by atoms with Crippen LogP contribution >= 0.6 is 0 Å². The molecule has 2 aromatic rings. The number of rotatable bonds is 11. The third-order valence-corrected chi connectivity index (χ3v) is 4.66. The van der Waals surface area contributed by atoms with Crippen molar-refractivity contribution in [1.29, 1.82) is 0 Å². The molecule has 0 fully saturated rings. The van der Waals surface area contributed by atoms with Crippen molar-refractivity contribution in [2.45, 2.75) is 37.4 Å². The van der Waals surface area contributed by atoms with Crippen LogP contribution in [0.4, 0.5) is 0 Å². The molecule has 3 amide bonds. The molecule has 170 valence electrons. The number of hydrogen-bond acceptors (Lipinski definition) is 6. The molecular weight excluding hydrogens is 416 g/mol. The summed E-state index contributed by atoms with van der Waals surface area (Å²) in [6, 6.07) is 11.1. The molecule has 10 nitrogen and oxygen atoms in total. The highest BCUT2D eigenvalue weighted by Gasteiger charge is 2.28. The van der Waals surface area contributed by atoms with Crippen molar-refractivity contribution < 1.29 is 29.4 Å². The first-order chi connectivity index (χ1) is 15.2. The molecule has 2 aromatic carbocycles. The lowest BCUT2D eigenvalue weighted by Gasteiger charge is -2.23. The molecule has 10 heteroatoms. The first-order valence-corrected chi connectivity index (χ1v) is 9.85. The summed E-state index contributed by atoms with van der Waals surface area (Å²) in [6.07, 6.45) is -0.355. The zero-order chi connectivity index (χ0) is 23.7. The van der Waals surface area contributed by atoms with Gasteiger partial charge in [-0.3, -0.25) is 14.4 Å². The van der Waals surface area contributed by atoms with E-state index in [-0.39, 0.29) is 18.6 Å². The number of nitrogens with one attached hydrogen (secondary N) is 2. The Morgan fingerprint density at radius 1 is 0.812 bits per heavy atom. The Morgan fingerprint density at radius 2 is 1.34 bits per heavy atom. The molecule has 0 aliphatic carbocycles. The zero-order valence-electron chi connectivity index (χ0n) is 17.2. The number of amides is 3. The van der Waals surface area contributed by atoms with Gasteiger partial charge in [-0.15, -0.1) is 0 Å². The van der Waals surface area contributed by atoms with Gasteiger partial charge in [0.25, 0.3) is 0 Å². The van der Waals surface area contributed by atoms with E-state index in [0.29, 0.717) is 5.56 Å². The van der Waals surface area contributed by atoms with Crippen LogP contribution in [-0.2, 0) is 32.0 Å². The largest absolute Gasteiger partial charge is 0.508 e. The molecule has 32 heavy (non-hydrogen) atoms. The molecule has 0 radical (unpaired) electrons. The number of primary amides is 1. The fraction of sp³-hybridized carbons (Fsp3) is 0.273. The number of carboxylic acids is 1. The summed E-state index contributed by atoms with van der Waals surface area (Å²) in [6.45, 7) is 0. The van der Waals surface area contributed by atoms with E-state index >= 15 is 0 Å². The number of carboxylic acid groups (broad SMARTS) is 1. The number of aliphatic carboxylic acids is 1. The number of carbonyl (C=O) groups excluding carboxylic acids is 3. The lowest BCUT2D eigenvalue weighted by molar-refractivity contribution is -0.142. The topological polar surface area (TPSA) is 185 Å². The summed E-state index contributed by atoms with van der Waals surface area (Å²) < 4.78 is 0. The quantitative estimate of drug-likeness (QED) is 0.269. The van der Waals surface area contributed by atoms with E-state index in [0.717, 1.165) is 5.56 Å². The van der Waals surface area contributed by atoms with Crippen molar-refractivity contribution in [2.24, 2.45) is 11.5 Å². The van der Waals surface area contributed by atoms with E-state index in [9.17, 15) is 29.4 Å². The van der Waals surface area contributed by atoms with Gasteiger partial charge in [0.05, 0.1) is 12.5 Å². The number of hydrogen-bond donors (Lipinski definition) is 6. The summed E-state index contributed by atoms with van der Waals surface area (Å²) in [5.74, 6) is -3.48. The summed E-state index contributed by atoms with van der Waals surface area (Å²) in [5, 5.41) is 23.8. The van der Waals surface area contributed by atoms with E-state index < -0.39 is 48.2 Å². The van der Waals surface area contributed by atoms with Crippen molar-refractivity contribution in [3.63, 3.8) is 0 Å². The van der Waals surface area contributed by atoms with Crippen LogP contribution in [0.25, 0.3) is 0 Å². The van der Waals surface area contributed by atoms with Crippen LogP contribution in [0, 0.1) is 0 Å². The first kappa shape index (κ1) is 24.4. The molecule has 2 rings (SSSR count). The molecule has 3 atom stereocenters. The molecular formula is C22H26N4O6. The smallest absolute Gasteiger partial charge is 0.326 e. The third-order valence-electron chi connectivity index (χ3n) is 4.66. The highest BCUT2D eigenvalue weighted by Crippen LogP contribution is 2.12. The second-order valence-electron chi connectivity index (χ2n) is 7.30. The van der Waals surface area contributed by atoms with Crippen LogP contribution in [0.3, 0.4) is 0 Å². The van der Waals surface area contributed by atoms with Crippen LogP contribution in [0.1, 0.15) is 17.5 Å². The van der Waals surface area contributed by atoms with Crippen LogP contribution in [-0.4, -0.2) is 52.0 Å². The number of benzene rings is 2. The zero-order valence-corrected chi connectivity index (χ0v) is 17.2. The van der Waals surface area contributed by atoms with Gasteiger partial charge in [-0.25, -0.2) is 4.79 Å². The lowest BCUT2D eigenvalue weighted by atomic mass is 10.0. The Bertz CT molecular complexity index is 949. The predicted molar refractivity (Wildman–Crippen MR) is 115 cm³/mol. The van der Waals surface area contributed by atoms with E-state index in [1.165, 1.54) is 12.1 Å². The van der Waals surface area contributed by atoms with Crippen LogP contribution in [0.2, 0.25) is 0 Å². The standard InChI is InChI=1S/C22H26N4O6/c23-16(12-19(24)28)20(29)25-17(10-13-4-2-1-3-5-13)21(30)26-18(22(31)32)11-14-6-8-15(27)9-7-14/h1-9,16-18,27H,10-12,23H2,(H2,24,28)(H,25,29)(H,26,30)(H,31,32)/t16-,17-,18-/m0/s1. The van der Waals surface area contributed by atoms with Gasteiger partial charge in [-0.05, 0) is 23.3 Å². The molecule has 0 saturated carbocycles. The normalized spacial score (nSPS) is 13.4. The SMILES string of the molecule is NC(=O)C[C@H](N)C(=O)N[C@@H](Cc1ccccc1)C(=O)N[C@@H](Cc1ccc(O)cc1)C(=O)O. The maximum absolute atomic E-state index is 12.9. The van der Waals surface area contributed by atoms with Crippen molar-refractivity contribution in [3.05, 3.63) is 65.7 Å². The Hall–Kier alpha value is -3.92. The minimum atomic E-state index is -1.28. The second-order valence-corrected chi connectivity index (χ2v) is 7.30. The average molecular weight is 442 g/mol. The van der Waals surface area contributed by atoms with E-state index in [1.807, 2.05) is 0 Å². The minimum Gasteiger partial charge on any atom is -0.508 e. The summed E-state index contributed by atoms with van der Waals surface area (Å²) >= 11 is 0. The van der Waals surface area contributed by atoms with Crippen LogP contribution in [0.5, 0.6) is 5.75 Å². The lowest BCUT2D eigenvalue weighted by Crippen LogP contribution is -2.56. The van der Waals surface area contributed by atoms with Crippen LogP contribution < -0.4 is 22.1 Å². The van der Waals surface area contributed by atoms with Gasteiger partial charge < -0.3 is 32.3 Å². The first-order valence-electron chi connectivity index (χ1n) is 9.85. The van der Waals surface area contributed by atoms with E-state index in [4.69, 9.17) is 11.5 Å². The molecule has 0 heterocycles. The number of phenolic OH excluding ortho intramolecular Hbond substituents is 1. The number of carbonyl (C=O) groups is 4. The van der Waals surface area contributed by atoms with Crippen molar-refractivity contribution in [2.75, 3.05) is 0 Å². The van der Waals surface area contributed by atoms with Gasteiger partial charge in [0.1, 0.15) is 17.8 Å². The summed E-state index contributed by atoms with van der Waals surface area (Å²) in [4.78, 5) is 48.0. The van der Waals surface area contributed by atoms with Gasteiger partial charge in [0.15, 0.2) is 0 Å². The highest BCUT2D eigenvalue weighted by atomic mass is 16.4. The van der Waals surface area contributed by atoms with Gasteiger partial charge in [0.2, 0.25) is 17.7 Å². The van der Waals surface area contributed by atoms with Gasteiger partial charge >= 0.3 is 5.97 Å². The summed E-state index contributed by atoms with van der Waals surface area (Å²) in [5.41, 5.74) is 12.0. The molecule has 8 N–H and O–H groups in total. The number of nitrogens with two attached hydrogens (primary N) is 2. The van der Waals surface area contributed by atoms with E-state index in [2.05, 4.69) is 10.6 Å². The minimum absolute atomic E-state index is 0.0302. The molecule has 0 spiro atoms.